The molecule has 18 heavy (non-hydrogen) atoms. The first kappa shape index (κ1) is 15.4. The lowest BCUT2D eigenvalue weighted by Gasteiger charge is -2.30. The number of nitrogens with zero attached hydrogens (tertiary/aromatic N) is 2. The summed E-state index contributed by atoms with van der Waals surface area (Å²) in [6, 6.07) is 0. The molecule has 0 aromatic heterocycles. The van der Waals surface area contributed by atoms with Crippen LogP contribution in [0.5, 0.6) is 0 Å². The van der Waals surface area contributed by atoms with Crippen molar-refractivity contribution < 1.29 is 4.74 Å². The van der Waals surface area contributed by atoms with Crippen LogP contribution in [0.2, 0.25) is 0 Å². The van der Waals surface area contributed by atoms with Crippen LogP contribution in [0, 0.1) is 11.3 Å². The fourth-order valence-corrected chi connectivity index (χ4v) is 2.20. The molecular weight excluding hydrogens is 228 g/mol. The number of hydrogen-bond donors (Lipinski definition) is 2. The summed E-state index contributed by atoms with van der Waals surface area (Å²) in [6.45, 7) is 12.4. The Morgan fingerprint density at radius 2 is 2.00 bits per heavy atom. The first-order valence-electron chi connectivity index (χ1n) is 6.93. The maximum absolute atomic E-state index is 7.32. The van der Waals surface area contributed by atoms with Gasteiger partial charge in [-0.1, -0.05) is 13.8 Å². The van der Waals surface area contributed by atoms with Gasteiger partial charge in [0, 0.05) is 45.7 Å². The fourth-order valence-electron chi connectivity index (χ4n) is 2.20. The second kappa shape index (κ2) is 8.45. The van der Waals surface area contributed by atoms with Crippen LogP contribution in [-0.4, -0.2) is 68.1 Å². The van der Waals surface area contributed by atoms with Gasteiger partial charge in [-0.3, -0.25) is 10.3 Å². The van der Waals surface area contributed by atoms with Gasteiger partial charge >= 0.3 is 0 Å². The maximum atomic E-state index is 7.32. The van der Waals surface area contributed by atoms with Crippen molar-refractivity contribution in [2.75, 3.05) is 52.5 Å². The van der Waals surface area contributed by atoms with Gasteiger partial charge in [0.2, 0.25) is 0 Å². The molecule has 1 aliphatic heterocycles. The first-order valence-corrected chi connectivity index (χ1v) is 6.93. The summed E-state index contributed by atoms with van der Waals surface area (Å²) in [5, 5.41) is 7.32. The van der Waals surface area contributed by atoms with Crippen LogP contribution in [0.25, 0.3) is 0 Å². The molecule has 0 radical (unpaired) electrons. The Labute approximate surface area is 111 Å². The zero-order valence-electron chi connectivity index (χ0n) is 11.8. The van der Waals surface area contributed by atoms with E-state index in [-0.39, 0.29) is 5.84 Å². The van der Waals surface area contributed by atoms with Crippen LogP contribution >= 0.6 is 0 Å². The molecule has 0 spiro atoms. The van der Waals surface area contributed by atoms with Crippen LogP contribution < -0.4 is 5.73 Å². The number of nitrogens with two attached hydrogens (primary N) is 1. The van der Waals surface area contributed by atoms with Crippen LogP contribution in [0.3, 0.4) is 0 Å². The van der Waals surface area contributed by atoms with Crippen molar-refractivity contribution in [3.05, 3.63) is 0 Å². The Kier molecular flexibility index (Phi) is 7.23. The predicted molar refractivity (Wildman–Crippen MR) is 75.1 cm³/mol. The van der Waals surface area contributed by atoms with Crippen LogP contribution in [0.4, 0.5) is 0 Å². The van der Waals surface area contributed by atoms with Crippen molar-refractivity contribution in [3.63, 3.8) is 0 Å². The second-order valence-corrected chi connectivity index (χ2v) is 5.42. The molecule has 1 rings (SSSR count). The minimum absolute atomic E-state index is 0.287. The molecule has 0 saturated carbocycles. The molecule has 0 unspecified atom stereocenters. The lowest BCUT2D eigenvalue weighted by atomic mass is 10.2. The summed E-state index contributed by atoms with van der Waals surface area (Å²) < 4.78 is 5.35. The number of hydrogen-bond acceptors (Lipinski definition) is 4. The average Bonchev–Trinajstić information content (AvgIpc) is 2.33. The highest BCUT2D eigenvalue weighted by atomic mass is 16.5. The second-order valence-electron chi connectivity index (χ2n) is 5.42. The fraction of sp³-hybridized carbons (Fsp3) is 0.923. The van der Waals surface area contributed by atoms with Gasteiger partial charge in [-0.05, 0) is 5.92 Å². The summed E-state index contributed by atoms with van der Waals surface area (Å²) in [5.41, 5.74) is 5.44. The molecule has 1 heterocycles. The van der Waals surface area contributed by atoms with E-state index in [4.69, 9.17) is 15.9 Å². The highest BCUT2D eigenvalue weighted by molar-refractivity contribution is 5.76. The third kappa shape index (κ3) is 6.93. The molecule has 1 fully saturated rings. The first-order chi connectivity index (χ1) is 8.58. The third-order valence-corrected chi connectivity index (χ3v) is 3.16. The van der Waals surface area contributed by atoms with Crippen molar-refractivity contribution in [1.29, 1.82) is 5.41 Å². The molecule has 0 bridgehead atoms. The number of morpholine rings is 1. The lowest BCUT2D eigenvalue weighted by Crippen LogP contribution is -2.42. The van der Waals surface area contributed by atoms with E-state index in [1.54, 1.807) is 0 Å². The Morgan fingerprint density at radius 3 is 2.56 bits per heavy atom. The molecular formula is C13H28N4O. The Hall–Kier alpha value is -0.650. The lowest BCUT2D eigenvalue weighted by molar-refractivity contribution is 0.0329. The number of rotatable bonds is 8. The van der Waals surface area contributed by atoms with E-state index in [2.05, 4.69) is 23.6 Å². The van der Waals surface area contributed by atoms with Crippen LogP contribution in [-0.2, 0) is 4.74 Å². The molecule has 106 valence electrons. The quantitative estimate of drug-likeness (QED) is 0.493. The van der Waals surface area contributed by atoms with Gasteiger partial charge in [-0.25, -0.2) is 0 Å². The highest BCUT2D eigenvalue weighted by Gasteiger charge is 2.13. The van der Waals surface area contributed by atoms with Crippen molar-refractivity contribution in [2.45, 2.75) is 20.3 Å². The van der Waals surface area contributed by atoms with E-state index in [0.717, 1.165) is 52.5 Å². The van der Waals surface area contributed by atoms with Crippen molar-refractivity contribution in [2.24, 2.45) is 11.7 Å². The summed E-state index contributed by atoms with van der Waals surface area (Å²) in [5.74, 6) is 0.941. The molecule has 0 aromatic rings. The normalized spacial score (nSPS) is 17.6. The van der Waals surface area contributed by atoms with E-state index in [9.17, 15) is 0 Å². The van der Waals surface area contributed by atoms with Gasteiger partial charge in [0.25, 0.3) is 0 Å². The zero-order chi connectivity index (χ0) is 13.4. The summed E-state index contributed by atoms with van der Waals surface area (Å²) >= 11 is 0. The van der Waals surface area contributed by atoms with Gasteiger partial charge in [-0.15, -0.1) is 0 Å². The minimum Gasteiger partial charge on any atom is -0.388 e. The van der Waals surface area contributed by atoms with E-state index >= 15 is 0 Å². The molecule has 0 atom stereocenters. The maximum Gasteiger partial charge on any atom is 0.0918 e. The van der Waals surface area contributed by atoms with Crippen LogP contribution in [0.15, 0.2) is 0 Å². The SMILES string of the molecule is CC(C)CN(CCC(=N)N)CCN1CCOCC1. The molecule has 1 saturated heterocycles. The molecule has 0 aliphatic carbocycles. The van der Waals surface area contributed by atoms with Crippen molar-refractivity contribution in [1.82, 2.24) is 9.80 Å². The minimum atomic E-state index is 0.287. The smallest absolute Gasteiger partial charge is 0.0918 e. The predicted octanol–water partition coefficient (Wildman–Crippen LogP) is 0.603. The van der Waals surface area contributed by atoms with Crippen molar-refractivity contribution >= 4 is 5.84 Å². The number of amidine groups is 1. The Bertz CT molecular complexity index is 239. The van der Waals surface area contributed by atoms with E-state index in [1.807, 2.05) is 0 Å². The molecule has 3 N–H and O–H groups in total. The topological polar surface area (TPSA) is 65.6 Å². The van der Waals surface area contributed by atoms with E-state index < -0.39 is 0 Å². The van der Waals surface area contributed by atoms with Gasteiger partial charge in [0.05, 0.1) is 19.0 Å². The Morgan fingerprint density at radius 1 is 1.33 bits per heavy atom. The zero-order valence-corrected chi connectivity index (χ0v) is 11.8. The molecule has 5 heteroatoms. The molecule has 0 aromatic carbocycles. The van der Waals surface area contributed by atoms with Gasteiger partial charge in [0.15, 0.2) is 0 Å². The van der Waals surface area contributed by atoms with Gasteiger partial charge < -0.3 is 15.4 Å². The van der Waals surface area contributed by atoms with Gasteiger partial charge in [0.1, 0.15) is 0 Å². The number of nitrogens with one attached hydrogen (secondary N) is 1. The van der Waals surface area contributed by atoms with Crippen molar-refractivity contribution in [3.8, 4) is 0 Å². The molecule has 0 amide bonds. The summed E-state index contributed by atoms with van der Waals surface area (Å²) in [6.07, 6.45) is 0.676. The highest BCUT2D eigenvalue weighted by Crippen LogP contribution is 2.02. The standard InChI is InChI=1S/C13H28N4O/c1-12(2)11-17(4-3-13(14)15)6-5-16-7-9-18-10-8-16/h12H,3-11H2,1-2H3,(H3,14,15). The van der Waals surface area contributed by atoms with E-state index in [1.165, 1.54) is 0 Å². The summed E-state index contributed by atoms with van der Waals surface area (Å²) in [7, 11) is 0. The largest absolute Gasteiger partial charge is 0.388 e. The summed E-state index contributed by atoms with van der Waals surface area (Å²) in [4.78, 5) is 4.87. The Balaban J connectivity index is 2.27. The average molecular weight is 256 g/mol. The number of ether oxygens (including phenoxy) is 1. The third-order valence-electron chi connectivity index (χ3n) is 3.16. The monoisotopic (exact) mass is 256 g/mol. The molecule has 1 aliphatic rings. The van der Waals surface area contributed by atoms with Crippen LogP contribution in [0.1, 0.15) is 20.3 Å². The van der Waals surface area contributed by atoms with Gasteiger partial charge in [-0.2, -0.15) is 0 Å². The van der Waals surface area contributed by atoms with E-state index in [0.29, 0.717) is 12.3 Å². The molecule has 5 nitrogen and oxygen atoms in total.